The summed E-state index contributed by atoms with van der Waals surface area (Å²) >= 11 is 0. The van der Waals surface area contributed by atoms with E-state index in [1.165, 1.54) is 12.1 Å². The van der Waals surface area contributed by atoms with Crippen molar-refractivity contribution in [2.75, 3.05) is 4.90 Å². The molecule has 2 N–H and O–H groups in total. The van der Waals surface area contributed by atoms with Gasteiger partial charge < -0.3 is 19.4 Å². The van der Waals surface area contributed by atoms with Crippen molar-refractivity contribution in [3.05, 3.63) is 119 Å². The lowest BCUT2D eigenvalue weighted by Gasteiger charge is -2.24. The summed E-state index contributed by atoms with van der Waals surface area (Å²) < 4.78 is 11.7. The molecular formula is C30H25NO6. The van der Waals surface area contributed by atoms with Crippen molar-refractivity contribution in [3.8, 4) is 11.5 Å². The number of ether oxygens (including phenoxy) is 1. The Morgan fingerprint density at radius 2 is 1.68 bits per heavy atom. The first-order chi connectivity index (χ1) is 17.8. The third-order valence-electron chi connectivity index (χ3n) is 6.30. The number of amides is 1. The molecule has 1 aliphatic rings. The summed E-state index contributed by atoms with van der Waals surface area (Å²) in [4.78, 5) is 27.6. The molecule has 1 fully saturated rings. The van der Waals surface area contributed by atoms with Crippen LogP contribution in [0.25, 0.3) is 5.76 Å². The van der Waals surface area contributed by atoms with E-state index in [9.17, 15) is 19.8 Å². The number of benzene rings is 3. The molecule has 2 heterocycles. The average Bonchev–Trinajstić information content (AvgIpc) is 3.44. The largest absolute Gasteiger partial charge is 0.507 e. The van der Waals surface area contributed by atoms with Crippen molar-refractivity contribution in [2.24, 2.45) is 0 Å². The van der Waals surface area contributed by atoms with E-state index in [0.717, 1.165) is 16.0 Å². The smallest absolute Gasteiger partial charge is 0.300 e. The number of Topliss-reactive ketones (excluding diaryl/α,β-unsaturated/α-hetero) is 1. The first-order valence-corrected chi connectivity index (χ1v) is 11.8. The van der Waals surface area contributed by atoms with Crippen molar-refractivity contribution in [1.82, 2.24) is 0 Å². The van der Waals surface area contributed by atoms with E-state index >= 15 is 0 Å². The predicted octanol–water partition coefficient (Wildman–Crippen LogP) is 5.81. The Labute approximate surface area is 213 Å². The molecule has 1 amide bonds. The number of aliphatic hydroxyl groups excluding tert-OH is 1. The molecule has 1 aromatic heterocycles. The normalized spacial score (nSPS) is 16.8. The first kappa shape index (κ1) is 23.9. The summed E-state index contributed by atoms with van der Waals surface area (Å²) in [5, 5.41) is 21.8. The molecule has 0 radical (unpaired) electrons. The number of nitrogens with zero attached hydrogens (tertiary/aromatic N) is 1. The zero-order chi connectivity index (χ0) is 26.1. The Kier molecular flexibility index (Phi) is 6.27. The van der Waals surface area contributed by atoms with Crippen LogP contribution in [0.5, 0.6) is 11.5 Å². The van der Waals surface area contributed by atoms with E-state index in [-0.39, 0.29) is 22.8 Å². The highest BCUT2D eigenvalue weighted by Crippen LogP contribution is 2.45. The molecule has 0 bridgehead atoms. The van der Waals surface area contributed by atoms with Gasteiger partial charge in [-0.15, -0.1) is 0 Å². The van der Waals surface area contributed by atoms with Crippen LogP contribution in [-0.2, 0) is 16.2 Å². The van der Waals surface area contributed by atoms with E-state index in [1.807, 2.05) is 37.3 Å². The standard InChI is InChI=1S/C30H25NO6/c1-18-16-21(13-15-24(18)36-17-20-8-4-3-5-9-20)28(33)26-27(25-14-12-19(2)37-25)31(30(35)29(26)34)22-10-6-7-11-23(22)32/h3-16,27,32-33H,17H2,1-2H3/b28-26-. The topological polar surface area (TPSA) is 100 Å². The lowest BCUT2D eigenvalue weighted by Crippen LogP contribution is -2.29. The fraction of sp³-hybridized carbons (Fsp3) is 0.133. The number of aliphatic hydroxyl groups is 1. The van der Waals surface area contributed by atoms with Crippen LogP contribution in [0.15, 0.2) is 94.9 Å². The van der Waals surface area contributed by atoms with Crippen LogP contribution >= 0.6 is 0 Å². The van der Waals surface area contributed by atoms with Gasteiger partial charge >= 0.3 is 0 Å². The highest BCUT2D eigenvalue weighted by Gasteiger charge is 2.49. The van der Waals surface area contributed by atoms with E-state index in [4.69, 9.17) is 9.15 Å². The number of hydrogen-bond donors (Lipinski definition) is 2. The third kappa shape index (κ3) is 4.47. The minimum Gasteiger partial charge on any atom is -0.507 e. The van der Waals surface area contributed by atoms with E-state index < -0.39 is 17.7 Å². The Morgan fingerprint density at radius 1 is 0.946 bits per heavy atom. The maximum atomic E-state index is 13.3. The van der Waals surface area contributed by atoms with Crippen molar-refractivity contribution >= 4 is 23.1 Å². The molecule has 37 heavy (non-hydrogen) atoms. The van der Waals surface area contributed by atoms with Crippen LogP contribution in [0.4, 0.5) is 5.69 Å². The molecule has 186 valence electrons. The molecule has 1 unspecified atom stereocenters. The third-order valence-corrected chi connectivity index (χ3v) is 6.30. The van der Waals surface area contributed by atoms with Crippen LogP contribution in [0.3, 0.4) is 0 Å². The van der Waals surface area contributed by atoms with Crippen molar-refractivity contribution in [1.29, 1.82) is 0 Å². The van der Waals surface area contributed by atoms with E-state index in [0.29, 0.717) is 29.4 Å². The summed E-state index contributed by atoms with van der Waals surface area (Å²) in [6.45, 7) is 3.97. The van der Waals surface area contributed by atoms with Gasteiger partial charge in [-0.1, -0.05) is 42.5 Å². The number of furan rings is 1. The van der Waals surface area contributed by atoms with Gasteiger partial charge in [-0.2, -0.15) is 0 Å². The highest BCUT2D eigenvalue weighted by atomic mass is 16.5. The van der Waals surface area contributed by atoms with Gasteiger partial charge in [-0.05, 0) is 67.4 Å². The summed E-state index contributed by atoms with van der Waals surface area (Å²) in [7, 11) is 0. The van der Waals surface area contributed by atoms with Gasteiger partial charge in [0, 0.05) is 5.56 Å². The van der Waals surface area contributed by atoms with Crippen LogP contribution < -0.4 is 9.64 Å². The number of anilines is 1. The zero-order valence-corrected chi connectivity index (χ0v) is 20.3. The number of para-hydroxylation sites is 2. The van der Waals surface area contributed by atoms with Gasteiger partial charge in [0.1, 0.15) is 41.4 Å². The Hall–Kier alpha value is -4.78. The molecular weight excluding hydrogens is 470 g/mol. The van der Waals surface area contributed by atoms with Crippen LogP contribution in [-0.4, -0.2) is 21.9 Å². The number of rotatable bonds is 6. The van der Waals surface area contributed by atoms with Gasteiger partial charge in [-0.3, -0.25) is 14.5 Å². The van der Waals surface area contributed by atoms with Gasteiger partial charge in [-0.25, -0.2) is 0 Å². The second-order valence-corrected chi connectivity index (χ2v) is 8.86. The minimum absolute atomic E-state index is 0.125. The maximum absolute atomic E-state index is 13.3. The number of hydrogen-bond acceptors (Lipinski definition) is 6. The minimum atomic E-state index is -1.06. The van der Waals surface area contributed by atoms with Crippen molar-refractivity contribution in [3.63, 3.8) is 0 Å². The fourth-order valence-corrected chi connectivity index (χ4v) is 4.47. The molecule has 7 heteroatoms. The summed E-state index contributed by atoms with van der Waals surface area (Å²) in [5.74, 6) is -0.757. The molecule has 1 aliphatic heterocycles. The maximum Gasteiger partial charge on any atom is 0.300 e. The van der Waals surface area contributed by atoms with Gasteiger partial charge in [0.15, 0.2) is 0 Å². The first-order valence-electron chi connectivity index (χ1n) is 11.8. The number of phenols is 1. The summed E-state index contributed by atoms with van der Waals surface area (Å²) in [6, 6.07) is 23.3. The molecule has 0 aliphatic carbocycles. The fourth-order valence-electron chi connectivity index (χ4n) is 4.47. The van der Waals surface area contributed by atoms with Gasteiger partial charge in [0.2, 0.25) is 0 Å². The predicted molar refractivity (Wildman–Crippen MR) is 138 cm³/mol. The summed E-state index contributed by atoms with van der Waals surface area (Å²) in [6.07, 6.45) is 0. The SMILES string of the molecule is Cc1ccc(C2/C(=C(/O)c3ccc(OCc4ccccc4)c(C)c3)C(=O)C(=O)N2c2ccccc2O)o1. The van der Waals surface area contributed by atoms with Crippen LogP contribution in [0.2, 0.25) is 0 Å². The van der Waals surface area contributed by atoms with E-state index in [1.54, 1.807) is 49.4 Å². The number of aromatic hydroxyl groups is 1. The molecule has 1 atom stereocenters. The van der Waals surface area contributed by atoms with Crippen molar-refractivity contribution < 1.29 is 29.0 Å². The Morgan fingerprint density at radius 3 is 2.35 bits per heavy atom. The average molecular weight is 496 g/mol. The lowest BCUT2D eigenvalue weighted by atomic mass is 9.98. The molecule has 7 nitrogen and oxygen atoms in total. The number of carbonyl (C=O) groups is 2. The Bertz CT molecular complexity index is 1520. The molecule has 4 aromatic rings. The van der Waals surface area contributed by atoms with Crippen molar-refractivity contribution in [2.45, 2.75) is 26.5 Å². The quantitative estimate of drug-likeness (QED) is 0.199. The second-order valence-electron chi connectivity index (χ2n) is 8.86. The molecule has 3 aromatic carbocycles. The van der Waals surface area contributed by atoms with Gasteiger partial charge in [0.05, 0.1) is 11.3 Å². The molecule has 1 saturated heterocycles. The van der Waals surface area contributed by atoms with Gasteiger partial charge in [0.25, 0.3) is 11.7 Å². The molecule has 5 rings (SSSR count). The molecule has 0 saturated carbocycles. The van der Waals surface area contributed by atoms with Crippen LogP contribution in [0.1, 0.15) is 34.3 Å². The Balaban J connectivity index is 1.55. The lowest BCUT2D eigenvalue weighted by molar-refractivity contribution is -0.132. The number of ketones is 1. The van der Waals surface area contributed by atoms with Crippen LogP contribution in [0, 0.1) is 13.8 Å². The molecule has 0 spiro atoms. The number of phenolic OH excluding ortho intramolecular Hbond substituents is 1. The van der Waals surface area contributed by atoms with E-state index in [2.05, 4.69) is 0 Å². The zero-order valence-electron chi connectivity index (χ0n) is 20.3. The number of carbonyl (C=O) groups excluding carboxylic acids is 2. The monoisotopic (exact) mass is 495 g/mol. The highest BCUT2D eigenvalue weighted by molar-refractivity contribution is 6.51. The summed E-state index contributed by atoms with van der Waals surface area (Å²) in [5.41, 5.74) is 2.14. The number of aryl methyl sites for hydroxylation is 2. The second kappa shape index (κ2) is 9.70.